The predicted octanol–water partition coefficient (Wildman–Crippen LogP) is 4.04. The van der Waals surface area contributed by atoms with Crippen molar-refractivity contribution in [2.45, 2.75) is 26.4 Å². The molecule has 0 unspecified atom stereocenters. The van der Waals surface area contributed by atoms with Crippen molar-refractivity contribution in [2.24, 2.45) is 0 Å². The zero-order valence-electron chi connectivity index (χ0n) is 16.6. The van der Waals surface area contributed by atoms with E-state index in [-0.39, 0.29) is 25.0 Å². The fourth-order valence-electron chi connectivity index (χ4n) is 2.65. The van der Waals surface area contributed by atoms with Gasteiger partial charge in [0.1, 0.15) is 17.5 Å². The highest BCUT2D eigenvalue weighted by molar-refractivity contribution is 9.10. The highest BCUT2D eigenvalue weighted by Gasteiger charge is 2.26. The summed E-state index contributed by atoms with van der Waals surface area (Å²) in [5, 5.41) is 3.31. The van der Waals surface area contributed by atoms with Crippen LogP contribution in [0.5, 0.6) is 11.5 Å². The minimum Gasteiger partial charge on any atom is -0.497 e. The Morgan fingerprint density at radius 3 is 2.48 bits per heavy atom. The molecule has 0 aliphatic carbocycles. The lowest BCUT2D eigenvalue weighted by molar-refractivity contribution is -0.142. The number of benzene rings is 2. The van der Waals surface area contributed by atoms with Crippen LogP contribution < -0.4 is 14.8 Å². The molecule has 6 nitrogen and oxygen atoms in total. The van der Waals surface area contributed by atoms with Crippen LogP contribution in [0.3, 0.4) is 0 Å². The van der Waals surface area contributed by atoms with Crippen LogP contribution in [-0.4, -0.2) is 43.0 Å². The van der Waals surface area contributed by atoms with Crippen molar-refractivity contribution in [1.82, 2.24) is 10.2 Å². The maximum Gasteiger partial charge on any atom is 0.261 e. The van der Waals surface area contributed by atoms with Crippen LogP contribution >= 0.6 is 27.5 Å². The number of ether oxygens (including phenoxy) is 2. The van der Waals surface area contributed by atoms with Crippen molar-refractivity contribution in [2.75, 3.05) is 20.3 Å². The van der Waals surface area contributed by atoms with E-state index >= 15 is 0 Å². The van der Waals surface area contributed by atoms with Crippen LogP contribution in [0, 0.1) is 0 Å². The lowest BCUT2D eigenvalue weighted by atomic mass is 10.1. The summed E-state index contributed by atoms with van der Waals surface area (Å²) in [5.74, 6) is 0.695. The molecule has 8 heteroatoms. The molecular formula is C21H24BrClN2O4. The molecule has 0 radical (unpaired) electrons. The summed E-state index contributed by atoms with van der Waals surface area (Å²) in [6.45, 7) is 4.08. The Morgan fingerprint density at radius 2 is 1.90 bits per heavy atom. The monoisotopic (exact) mass is 482 g/mol. The Kier molecular flexibility index (Phi) is 8.79. The number of amides is 2. The molecule has 0 heterocycles. The minimum atomic E-state index is -0.651. The van der Waals surface area contributed by atoms with Crippen molar-refractivity contribution in [3.8, 4) is 11.5 Å². The van der Waals surface area contributed by atoms with Crippen LogP contribution in [0.1, 0.15) is 19.4 Å². The second-order valence-electron chi connectivity index (χ2n) is 6.30. The average molecular weight is 484 g/mol. The molecule has 0 fully saturated rings. The first-order chi connectivity index (χ1) is 13.8. The molecule has 2 rings (SSSR count). The maximum absolute atomic E-state index is 12.9. The molecule has 0 aliphatic rings. The summed E-state index contributed by atoms with van der Waals surface area (Å²) >= 11 is 9.30. The number of halogens is 2. The number of carbonyl (C=O) groups excluding carboxylic acids is 2. The highest BCUT2D eigenvalue weighted by Crippen LogP contribution is 2.28. The first-order valence-electron chi connectivity index (χ1n) is 9.13. The number of methoxy groups -OCH3 is 1. The SMILES string of the molecule is CCNC(=O)[C@H](C)N(Cc1ccc(OC)cc1)C(=O)COc1ccc(Cl)cc1Br. The van der Waals surface area contributed by atoms with Crippen molar-refractivity contribution in [3.63, 3.8) is 0 Å². The van der Waals surface area contributed by atoms with Gasteiger partial charge in [0.25, 0.3) is 5.91 Å². The molecule has 0 aromatic heterocycles. The lowest BCUT2D eigenvalue weighted by Gasteiger charge is -2.28. The van der Waals surface area contributed by atoms with Crippen molar-refractivity contribution < 1.29 is 19.1 Å². The molecule has 2 aromatic carbocycles. The first-order valence-corrected chi connectivity index (χ1v) is 10.3. The predicted molar refractivity (Wildman–Crippen MR) is 116 cm³/mol. The molecule has 0 bridgehead atoms. The largest absolute Gasteiger partial charge is 0.497 e. The van der Waals surface area contributed by atoms with Gasteiger partial charge in [0.2, 0.25) is 5.91 Å². The van der Waals surface area contributed by atoms with E-state index < -0.39 is 6.04 Å². The normalized spacial score (nSPS) is 11.5. The van der Waals surface area contributed by atoms with Gasteiger partial charge in [-0.2, -0.15) is 0 Å². The fourth-order valence-corrected chi connectivity index (χ4v) is 3.44. The average Bonchev–Trinajstić information content (AvgIpc) is 2.71. The van der Waals surface area contributed by atoms with E-state index in [2.05, 4.69) is 21.2 Å². The number of rotatable bonds is 9. The third kappa shape index (κ3) is 6.65. The van der Waals surface area contributed by atoms with Gasteiger partial charge in [-0.15, -0.1) is 0 Å². The van der Waals surface area contributed by atoms with E-state index in [0.717, 1.165) is 11.3 Å². The first kappa shape index (κ1) is 23.0. The number of hydrogen-bond acceptors (Lipinski definition) is 4. The van der Waals surface area contributed by atoms with Crippen LogP contribution in [-0.2, 0) is 16.1 Å². The van der Waals surface area contributed by atoms with E-state index in [9.17, 15) is 9.59 Å². The van der Waals surface area contributed by atoms with Gasteiger partial charge in [-0.3, -0.25) is 9.59 Å². The van der Waals surface area contributed by atoms with Crippen LogP contribution in [0.2, 0.25) is 5.02 Å². The molecule has 0 saturated heterocycles. The topological polar surface area (TPSA) is 67.9 Å². The van der Waals surface area contributed by atoms with Gasteiger partial charge in [0, 0.05) is 18.1 Å². The Morgan fingerprint density at radius 1 is 1.21 bits per heavy atom. The molecule has 0 aliphatic heterocycles. The molecule has 0 spiro atoms. The van der Waals surface area contributed by atoms with Gasteiger partial charge in [-0.05, 0) is 65.7 Å². The number of nitrogens with one attached hydrogen (secondary N) is 1. The third-order valence-corrected chi connectivity index (χ3v) is 5.13. The van der Waals surface area contributed by atoms with Crippen molar-refractivity contribution in [1.29, 1.82) is 0 Å². The minimum absolute atomic E-state index is 0.208. The van der Waals surface area contributed by atoms with Crippen LogP contribution in [0.25, 0.3) is 0 Å². The number of carbonyl (C=O) groups is 2. The molecule has 1 N–H and O–H groups in total. The van der Waals surface area contributed by atoms with Gasteiger partial charge in [-0.25, -0.2) is 0 Å². The number of nitrogens with zero attached hydrogens (tertiary/aromatic N) is 1. The molecule has 2 aromatic rings. The van der Waals surface area contributed by atoms with E-state index in [1.807, 2.05) is 31.2 Å². The molecular weight excluding hydrogens is 460 g/mol. The standard InChI is InChI=1S/C21H24BrClN2O4/c1-4-24-21(27)14(2)25(12-15-5-8-17(28-3)9-6-15)20(26)13-29-19-10-7-16(23)11-18(19)22/h5-11,14H,4,12-13H2,1-3H3,(H,24,27)/t14-/m0/s1. The molecule has 2 amide bonds. The highest BCUT2D eigenvalue weighted by atomic mass is 79.9. The molecule has 1 atom stereocenters. The Balaban J connectivity index is 2.15. The van der Waals surface area contributed by atoms with Crippen molar-refractivity contribution in [3.05, 3.63) is 57.5 Å². The molecule has 156 valence electrons. The van der Waals surface area contributed by atoms with Gasteiger partial charge in [0.15, 0.2) is 6.61 Å². The van der Waals surface area contributed by atoms with Gasteiger partial charge < -0.3 is 19.7 Å². The lowest BCUT2D eigenvalue weighted by Crippen LogP contribution is -2.49. The van der Waals surface area contributed by atoms with Crippen LogP contribution in [0.4, 0.5) is 0 Å². The van der Waals surface area contributed by atoms with E-state index in [1.54, 1.807) is 32.2 Å². The zero-order chi connectivity index (χ0) is 21.4. The summed E-state index contributed by atoms with van der Waals surface area (Å²) in [5.41, 5.74) is 0.878. The number of likely N-dealkylation sites (N-methyl/N-ethyl adjacent to an activating group) is 1. The maximum atomic E-state index is 12.9. The summed E-state index contributed by atoms with van der Waals surface area (Å²) in [6.07, 6.45) is 0. The van der Waals surface area contributed by atoms with Gasteiger partial charge in [0.05, 0.1) is 11.6 Å². The fraction of sp³-hybridized carbons (Fsp3) is 0.333. The van der Waals surface area contributed by atoms with E-state index in [1.165, 1.54) is 4.90 Å². The Bertz CT molecular complexity index is 845. The van der Waals surface area contributed by atoms with Crippen LogP contribution in [0.15, 0.2) is 46.9 Å². The second-order valence-corrected chi connectivity index (χ2v) is 7.59. The third-order valence-electron chi connectivity index (χ3n) is 4.28. The summed E-state index contributed by atoms with van der Waals surface area (Å²) in [6, 6.07) is 11.8. The Hall–Kier alpha value is -2.25. The quantitative estimate of drug-likeness (QED) is 0.584. The molecule has 0 saturated carbocycles. The molecule has 29 heavy (non-hydrogen) atoms. The van der Waals surface area contributed by atoms with Gasteiger partial charge >= 0.3 is 0 Å². The smallest absolute Gasteiger partial charge is 0.261 e. The van der Waals surface area contributed by atoms with Crippen molar-refractivity contribution >= 4 is 39.3 Å². The summed E-state index contributed by atoms with van der Waals surface area (Å²) in [7, 11) is 1.59. The summed E-state index contributed by atoms with van der Waals surface area (Å²) < 4.78 is 11.5. The van der Waals surface area contributed by atoms with E-state index in [0.29, 0.717) is 21.8 Å². The summed E-state index contributed by atoms with van der Waals surface area (Å²) in [4.78, 5) is 26.8. The number of hydrogen-bond donors (Lipinski definition) is 1. The zero-order valence-corrected chi connectivity index (χ0v) is 18.9. The van der Waals surface area contributed by atoms with E-state index in [4.69, 9.17) is 21.1 Å². The van der Waals surface area contributed by atoms with Gasteiger partial charge in [-0.1, -0.05) is 23.7 Å². The Labute approximate surface area is 184 Å². The second kappa shape index (κ2) is 11.1.